The van der Waals surface area contributed by atoms with Crippen molar-refractivity contribution >= 4 is 39.8 Å². The number of benzene rings is 1. The van der Waals surface area contributed by atoms with E-state index in [2.05, 4.69) is 20.5 Å². The quantitative estimate of drug-likeness (QED) is 0.336. The van der Waals surface area contributed by atoms with Gasteiger partial charge < -0.3 is 15.4 Å². The zero-order valence-corrected chi connectivity index (χ0v) is 17.6. The van der Waals surface area contributed by atoms with E-state index in [-0.39, 0.29) is 29.7 Å². The second-order valence-electron chi connectivity index (χ2n) is 5.51. The molecule has 1 heterocycles. The van der Waals surface area contributed by atoms with Crippen LogP contribution in [0.3, 0.4) is 0 Å². The maximum absolute atomic E-state index is 12.2. The van der Waals surface area contributed by atoms with Crippen molar-refractivity contribution in [3.05, 3.63) is 30.3 Å². The minimum atomic E-state index is -3.27. The van der Waals surface area contributed by atoms with E-state index in [0.717, 1.165) is 39.4 Å². The summed E-state index contributed by atoms with van der Waals surface area (Å²) in [6.45, 7) is 5.44. The third kappa shape index (κ3) is 7.89. The Morgan fingerprint density at radius 2 is 1.80 bits per heavy atom. The second kappa shape index (κ2) is 11.7. The Labute approximate surface area is 167 Å². The van der Waals surface area contributed by atoms with E-state index in [4.69, 9.17) is 4.74 Å². The summed E-state index contributed by atoms with van der Waals surface area (Å²) < 4.78 is 29.7. The molecule has 0 radical (unpaired) electrons. The van der Waals surface area contributed by atoms with Gasteiger partial charge >= 0.3 is 0 Å². The van der Waals surface area contributed by atoms with E-state index >= 15 is 0 Å². The van der Waals surface area contributed by atoms with Gasteiger partial charge in [0.1, 0.15) is 0 Å². The molecule has 1 aromatic rings. The minimum Gasteiger partial charge on any atom is -0.379 e. The van der Waals surface area contributed by atoms with Crippen LogP contribution in [0.25, 0.3) is 0 Å². The SMILES string of the molecule is CN=C(NCCN1CCOCC1)NCCS(=O)(=O)c1ccccc1.I. The Kier molecular flexibility index (Phi) is 10.3. The fraction of sp³-hybridized carbons (Fsp3) is 0.562. The molecule has 0 aromatic heterocycles. The molecule has 1 aliphatic heterocycles. The molecule has 1 saturated heterocycles. The highest BCUT2D eigenvalue weighted by atomic mass is 127. The monoisotopic (exact) mass is 482 g/mol. The number of nitrogens with zero attached hydrogens (tertiary/aromatic N) is 2. The highest BCUT2D eigenvalue weighted by Gasteiger charge is 2.14. The van der Waals surface area contributed by atoms with E-state index in [0.29, 0.717) is 17.4 Å². The fourth-order valence-corrected chi connectivity index (χ4v) is 3.61. The van der Waals surface area contributed by atoms with Gasteiger partial charge in [-0.25, -0.2) is 8.42 Å². The summed E-state index contributed by atoms with van der Waals surface area (Å²) in [5, 5.41) is 6.25. The largest absolute Gasteiger partial charge is 0.379 e. The molecule has 7 nitrogen and oxygen atoms in total. The predicted octanol–water partition coefficient (Wildman–Crippen LogP) is 0.576. The van der Waals surface area contributed by atoms with Crippen molar-refractivity contribution in [2.24, 2.45) is 4.99 Å². The van der Waals surface area contributed by atoms with Crippen LogP contribution in [-0.4, -0.2) is 78.0 Å². The molecule has 1 aromatic carbocycles. The van der Waals surface area contributed by atoms with Gasteiger partial charge in [-0.15, -0.1) is 24.0 Å². The number of hydrogen-bond donors (Lipinski definition) is 2. The van der Waals surface area contributed by atoms with Gasteiger partial charge in [0.25, 0.3) is 0 Å². The Hall–Kier alpha value is -0.910. The van der Waals surface area contributed by atoms with Crippen molar-refractivity contribution in [3.63, 3.8) is 0 Å². The molecular formula is C16H27IN4O3S. The van der Waals surface area contributed by atoms with E-state index in [1.165, 1.54) is 0 Å². The first-order chi connectivity index (χ1) is 11.6. The molecule has 0 saturated carbocycles. The first kappa shape index (κ1) is 22.1. The first-order valence-corrected chi connectivity index (χ1v) is 9.79. The van der Waals surface area contributed by atoms with Gasteiger partial charge in [-0.05, 0) is 12.1 Å². The lowest BCUT2D eigenvalue weighted by Crippen LogP contribution is -2.45. The van der Waals surface area contributed by atoms with Gasteiger partial charge in [-0.3, -0.25) is 9.89 Å². The van der Waals surface area contributed by atoms with E-state index in [9.17, 15) is 8.42 Å². The van der Waals surface area contributed by atoms with Gasteiger partial charge in [0.2, 0.25) is 0 Å². The van der Waals surface area contributed by atoms with Gasteiger partial charge in [-0.1, -0.05) is 18.2 Å². The third-order valence-electron chi connectivity index (χ3n) is 3.81. The molecule has 1 fully saturated rings. The minimum absolute atomic E-state index is 0. The number of morpholine rings is 1. The fourth-order valence-electron chi connectivity index (χ4n) is 2.43. The van der Waals surface area contributed by atoms with Crippen LogP contribution in [0.5, 0.6) is 0 Å². The lowest BCUT2D eigenvalue weighted by molar-refractivity contribution is 0.0389. The molecule has 1 aliphatic rings. The van der Waals surface area contributed by atoms with Crippen LogP contribution >= 0.6 is 24.0 Å². The van der Waals surface area contributed by atoms with E-state index < -0.39 is 9.84 Å². The van der Waals surface area contributed by atoms with Crippen LogP contribution in [-0.2, 0) is 14.6 Å². The summed E-state index contributed by atoms with van der Waals surface area (Å²) in [6.07, 6.45) is 0. The summed E-state index contributed by atoms with van der Waals surface area (Å²) >= 11 is 0. The summed E-state index contributed by atoms with van der Waals surface area (Å²) in [6, 6.07) is 8.49. The molecule has 0 bridgehead atoms. The lowest BCUT2D eigenvalue weighted by atomic mass is 10.4. The number of guanidine groups is 1. The van der Waals surface area contributed by atoms with Crippen LogP contribution < -0.4 is 10.6 Å². The molecule has 0 spiro atoms. The second-order valence-corrected chi connectivity index (χ2v) is 7.62. The van der Waals surface area contributed by atoms with Crippen molar-refractivity contribution in [1.29, 1.82) is 0 Å². The zero-order chi connectivity index (χ0) is 17.3. The van der Waals surface area contributed by atoms with Crippen LogP contribution in [0.15, 0.2) is 40.2 Å². The predicted molar refractivity (Wildman–Crippen MR) is 111 cm³/mol. The van der Waals surface area contributed by atoms with Gasteiger partial charge in [0.15, 0.2) is 15.8 Å². The molecule has 0 unspecified atom stereocenters. The highest BCUT2D eigenvalue weighted by Crippen LogP contribution is 2.09. The van der Waals surface area contributed by atoms with Crippen LogP contribution in [0, 0.1) is 0 Å². The normalized spacial score (nSPS) is 16.1. The number of sulfone groups is 1. The van der Waals surface area contributed by atoms with Crippen LogP contribution in [0.2, 0.25) is 0 Å². The number of aliphatic imine (C=N–C) groups is 1. The summed E-state index contributed by atoms with van der Waals surface area (Å²) in [5.41, 5.74) is 0. The van der Waals surface area contributed by atoms with E-state index in [1.807, 2.05) is 0 Å². The number of hydrogen-bond acceptors (Lipinski definition) is 5. The van der Waals surface area contributed by atoms with Crippen molar-refractivity contribution in [3.8, 4) is 0 Å². The third-order valence-corrected chi connectivity index (χ3v) is 5.55. The number of nitrogens with one attached hydrogen (secondary N) is 2. The average molecular weight is 482 g/mol. The van der Waals surface area contributed by atoms with Crippen LogP contribution in [0.4, 0.5) is 0 Å². The Morgan fingerprint density at radius 1 is 1.16 bits per heavy atom. The van der Waals surface area contributed by atoms with Crippen molar-refractivity contribution in [2.75, 3.05) is 58.7 Å². The summed E-state index contributed by atoms with van der Waals surface area (Å²) in [7, 11) is -1.59. The Balaban J connectivity index is 0.00000312. The van der Waals surface area contributed by atoms with E-state index in [1.54, 1.807) is 37.4 Å². The molecule has 2 N–H and O–H groups in total. The van der Waals surface area contributed by atoms with Crippen molar-refractivity contribution in [1.82, 2.24) is 15.5 Å². The highest BCUT2D eigenvalue weighted by molar-refractivity contribution is 14.0. The standard InChI is InChI=1S/C16H26N4O3S.HI/c1-17-16(18-7-9-20-10-12-23-13-11-20)19-8-14-24(21,22)15-5-3-2-4-6-15;/h2-6H,7-14H2,1H3,(H2,17,18,19);1H. The molecule has 0 amide bonds. The Morgan fingerprint density at radius 3 is 2.44 bits per heavy atom. The topological polar surface area (TPSA) is 83.0 Å². The lowest BCUT2D eigenvalue weighted by Gasteiger charge is -2.26. The van der Waals surface area contributed by atoms with Gasteiger partial charge in [0.05, 0.1) is 23.9 Å². The van der Waals surface area contributed by atoms with Crippen molar-refractivity contribution in [2.45, 2.75) is 4.90 Å². The zero-order valence-electron chi connectivity index (χ0n) is 14.5. The molecule has 9 heteroatoms. The number of ether oxygens (including phenoxy) is 1. The van der Waals surface area contributed by atoms with Gasteiger partial charge in [-0.2, -0.15) is 0 Å². The van der Waals surface area contributed by atoms with Gasteiger partial charge in [0, 0.05) is 39.8 Å². The number of rotatable bonds is 7. The summed E-state index contributed by atoms with van der Waals surface area (Å²) in [4.78, 5) is 6.79. The smallest absolute Gasteiger partial charge is 0.191 e. The molecule has 142 valence electrons. The molecule has 0 atom stereocenters. The Bertz CT molecular complexity index is 620. The van der Waals surface area contributed by atoms with Crippen LogP contribution in [0.1, 0.15) is 0 Å². The molecular weight excluding hydrogens is 455 g/mol. The maximum Gasteiger partial charge on any atom is 0.191 e. The molecule has 2 rings (SSSR count). The first-order valence-electron chi connectivity index (χ1n) is 8.14. The average Bonchev–Trinajstić information content (AvgIpc) is 2.62. The summed E-state index contributed by atoms with van der Waals surface area (Å²) in [5.74, 6) is 0.646. The molecule has 25 heavy (non-hydrogen) atoms. The number of halogens is 1. The van der Waals surface area contributed by atoms with Crippen molar-refractivity contribution < 1.29 is 13.2 Å². The molecule has 0 aliphatic carbocycles. The maximum atomic E-state index is 12.2.